The molecule has 1 aliphatic rings. The number of nitrogens with one attached hydrogen (secondary N) is 1. The number of aliphatic hydroxyl groups is 1. The van der Waals surface area contributed by atoms with E-state index in [0.29, 0.717) is 5.02 Å². The molecule has 2 N–H and O–H groups in total. The Bertz CT molecular complexity index is 483. The number of aliphatic hydroxyl groups excluding tert-OH is 1. The van der Waals surface area contributed by atoms with Crippen molar-refractivity contribution in [2.24, 2.45) is 0 Å². The van der Waals surface area contributed by atoms with Gasteiger partial charge >= 0.3 is 0 Å². The average molecular weight is 297 g/mol. The second kappa shape index (κ2) is 6.46. The van der Waals surface area contributed by atoms with Crippen molar-refractivity contribution in [2.45, 2.75) is 38.8 Å². The van der Waals surface area contributed by atoms with E-state index in [-0.39, 0.29) is 11.9 Å². The number of hydrogen-bond acceptors (Lipinski definition) is 3. The smallest absolute Gasteiger partial charge is 0.217 e. The SMILES string of the molecule is CC(=O)NC1CCN(c2ccc(C(C)O)cc2Cl)CC1. The van der Waals surface area contributed by atoms with Gasteiger partial charge in [0, 0.05) is 26.1 Å². The Morgan fingerprint density at radius 2 is 2.10 bits per heavy atom. The van der Waals surface area contributed by atoms with Crippen LogP contribution in [0.25, 0.3) is 0 Å². The monoisotopic (exact) mass is 296 g/mol. The van der Waals surface area contributed by atoms with Crippen LogP contribution >= 0.6 is 11.6 Å². The molecule has 1 unspecified atom stereocenters. The summed E-state index contributed by atoms with van der Waals surface area (Å²) in [6.45, 7) is 5.03. The van der Waals surface area contributed by atoms with Crippen LogP contribution in [0, 0.1) is 0 Å². The van der Waals surface area contributed by atoms with Crippen molar-refractivity contribution in [3.63, 3.8) is 0 Å². The summed E-state index contributed by atoms with van der Waals surface area (Å²) in [6.07, 6.45) is 1.34. The van der Waals surface area contributed by atoms with E-state index in [2.05, 4.69) is 10.2 Å². The number of carbonyl (C=O) groups is 1. The number of rotatable bonds is 3. The second-order valence-electron chi connectivity index (χ2n) is 5.35. The third kappa shape index (κ3) is 3.64. The zero-order valence-electron chi connectivity index (χ0n) is 11.9. The third-order valence-electron chi connectivity index (χ3n) is 3.70. The van der Waals surface area contributed by atoms with E-state index < -0.39 is 6.10 Å². The van der Waals surface area contributed by atoms with Crippen LogP contribution in [0.4, 0.5) is 5.69 Å². The Kier molecular flexibility index (Phi) is 4.89. The van der Waals surface area contributed by atoms with Crippen LogP contribution in [0.15, 0.2) is 18.2 Å². The zero-order valence-corrected chi connectivity index (χ0v) is 12.7. The molecule has 4 nitrogen and oxygen atoms in total. The quantitative estimate of drug-likeness (QED) is 0.901. The third-order valence-corrected chi connectivity index (χ3v) is 4.00. The minimum atomic E-state index is -0.507. The van der Waals surface area contributed by atoms with Gasteiger partial charge in [-0.25, -0.2) is 0 Å². The summed E-state index contributed by atoms with van der Waals surface area (Å²) in [7, 11) is 0. The minimum absolute atomic E-state index is 0.0303. The fraction of sp³-hybridized carbons (Fsp3) is 0.533. The molecule has 1 aromatic carbocycles. The molecule has 0 saturated carbocycles. The highest BCUT2D eigenvalue weighted by atomic mass is 35.5. The number of piperidine rings is 1. The number of hydrogen-bond donors (Lipinski definition) is 2. The Labute approximate surface area is 124 Å². The maximum atomic E-state index is 11.0. The lowest BCUT2D eigenvalue weighted by Crippen LogP contribution is -2.44. The van der Waals surface area contributed by atoms with E-state index in [0.717, 1.165) is 37.2 Å². The lowest BCUT2D eigenvalue weighted by molar-refractivity contribution is -0.119. The highest BCUT2D eigenvalue weighted by Crippen LogP contribution is 2.30. The molecule has 5 heteroatoms. The van der Waals surface area contributed by atoms with Crippen LogP contribution in [0.3, 0.4) is 0 Å². The van der Waals surface area contributed by atoms with Gasteiger partial charge in [0.25, 0.3) is 0 Å². The zero-order chi connectivity index (χ0) is 14.7. The van der Waals surface area contributed by atoms with Crippen molar-refractivity contribution in [1.82, 2.24) is 5.32 Å². The Morgan fingerprint density at radius 3 is 2.60 bits per heavy atom. The largest absolute Gasteiger partial charge is 0.389 e. The van der Waals surface area contributed by atoms with Crippen molar-refractivity contribution in [3.05, 3.63) is 28.8 Å². The van der Waals surface area contributed by atoms with Crippen LogP contribution in [-0.2, 0) is 4.79 Å². The van der Waals surface area contributed by atoms with Gasteiger partial charge in [-0.3, -0.25) is 4.79 Å². The predicted octanol–water partition coefficient (Wildman–Crippen LogP) is 2.50. The van der Waals surface area contributed by atoms with Gasteiger partial charge in [-0.15, -0.1) is 0 Å². The molecule has 0 radical (unpaired) electrons. The summed E-state index contributed by atoms with van der Waals surface area (Å²) in [6, 6.07) is 5.95. The van der Waals surface area contributed by atoms with Gasteiger partial charge in [0.2, 0.25) is 5.91 Å². The summed E-state index contributed by atoms with van der Waals surface area (Å²) >= 11 is 6.31. The number of anilines is 1. The van der Waals surface area contributed by atoms with Crippen LogP contribution in [0.1, 0.15) is 38.4 Å². The van der Waals surface area contributed by atoms with E-state index in [9.17, 15) is 9.90 Å². The minimum Gasteiger partial charge on any atom is -0.389 e. The molecule has 2 rings (SSSR count). The van der Waals surface area contributed by atoms with Gasteiger partial charge in [-0.1, -0.05) is 17.7 Å². The Hall–Kier alpha value is -1.26. The van der Waals surface area contributed by atoms with Gasteiger partial charge in [-0.2, -0.15) is 0 Å². The van der Waals surface area contributed by atoms with E-state index in [1.807, 2.05) is 18.2 Å². The van der Waals surface area contributed by atoms with Crippen molar-refractivity contribution >= 4 is 23.2 Å². The maximum absolute atomic E-state index is 11.0. The number of carbonyl (C=O) groups excluding carboxylic acids is 1. The topological polar surface area (TPSA) is 52.6 Å². The van der Waals surface area contributed by atoms with E-state index in [1.54, 1.807) is 13.8 Å². The summed E-state index contributed by atoms with van der Waals surface area (Å²) in [5, 5.41) is 13.2. The number of nitrogens with zero attached hydrogens (tertiary/aromatic N) is 1. The fourth-order valence-corrected chi connectivity index (χ4v) is 2.90. The van der Waals surface area contributed by atoms with E-state index >= 15 is 0 Å². The molecule has 110 valence electrons. The molecular weight excluding hydrogens is 276 g/mol. The highest BCUT2D eigenvalue weighted by Gasteiger charge is 2.21. The van der Waals surface area contributed by atoms with Gasteiger partial charge in [-0.05, 0) is 37.5 Å². The Balaban J connectivity index is 2.02. The normalized spacial score (nSPS) is 17.9. The van der Waals surface area contributed by atoms with Crippen molar-refractivity contribution in [3.8, 4) is 0 Å². The first-order valence-electron chi connectivity index (χ1n) is 6.97. The number of benzene rings is 1. The molecule has 1 heterocycles. The molecule has 0 spiro atoms. The number of amides is 1. The predicted molar refractivity (Wildman–Crippen MR) is 81.1 cm³/mol. The second-order valence-corrected chi connectivity index (χ2v) is 5.76. The van der Waals surface area contributed by atoms with Crippen LogP contribution in [0.5, 0.6) is 0 Å². The van der Waals surface area contributed by atoms with Gasteiger partial charge in [0.05, 0.1) is 16.8 Å². The van der Waals surface area contributed by atoms with Gasteiger partial charge in [0.15, 0.2) is 0 Å². The van der Waals surface area contributed by atoms with Crippen LogP contribution < -0.4 is 10.2 Å². The molecule has 1 aromatic rings. The van der Waals surface area contributed by atoms with Crippen molar-refractivity contribution < 1.29 is 9.90 Å². The molecule has 1 saturated heterocycles. The first-order valence-corrected chi connectivity index (χ1v) is 7.34. The Morgan fingerprint density at radius 1 is 1.45 bits per heavy atom. The highest BCUT2D eigenvalue weighted by molar-refractivity contribution is 6.33. The van der Waals surface area contributed by atoms with Crippen molar-refractivity contribution in [1.29, 1.82) is 0 Å². The molecule has 0 aromatic heterocycles. The maximum Gasteiger partial charge on any atom is 0.217 e. The molecule has 1 fully saturated rings. The fourth-order valence-electron chi connectivity index (χ4n) is 2.59. The summed E-state index contributed by atoms with van der Waals surface area (Å²) in [5.41, 5.74) is 1.82. The average Bonchev–Trinajstić information content (AvgIpc) is 2.39. The molecule has 1 atom stereocenters. The lowest BCUT2D eigenvalue weighted by atomic mass is 10.0. The summed E-state index contributed by atoms with van der Waals surface area (Å²) < 4.78 is 0. The van der Waals surface area contributed by atoms with Crippen LogP contribution in [-0.4, -0.2) is 30.1 Å². The molecule has 20 heavy (non-hydrogen) atoms. The van der Waals surface area contributed by atoms with E-state index in [4.69, 9.17) is 11.6 Å². The molecule has 1 amide bonds. The molecule has 0 aliphatic carbocycles. The van der Waals surface area contributed by atoms with Gasteiger partial charge < -0.3 is 15.3 Å². The molecule has 0 bridgehead atoms. The molecule has 1 aliphatic heterocycles. The lowest BCUT2D eigenvalue weighted by Gasteiger charge is -2.34. The molecular formula is C15H21ClN2O2. The summed E-state index contributed by atoms with van der Waals surface area (Å²) in [5.74, 6) is 0.0303. The van der Waals surface area contributed by atoms with E-state index in [1.165, 1.54) is 0 Å². The summed E-state index contributed by atoms with van der Waals surface area (Å²) in [4.78, 5) is 13.3. The standard InChI is InChI=1S/C15H21ClN2O2/c1-10(19)12-3-4-15(14(16)9-12)18-7-5-13(6-8-18)17-11(2)20/h3-4,9-10,13,19H,5-8H2,1-2H3,(H,17,20). The van der Waals surface area contributed by atoms with Gasteiger partial charge in [0.1, 0.15) is 0 Å². The number of halogens is 1. The van der Waals surface area contributed by atoms with Crippen molar-refractivity contribution in [2.75, 3.05) is 18.0 Å². The van der Waals surface area contributed by atoms with Crippen LogP contribution in [0.2, 0.25) is 5.02 Å². The first kappa shape index (κ1) is 15.1. The first-order chi connectivity index (χ1) is 9.47.